The Morgan fingerprint density at radius 2 is 1.96 bits per heavy atom. The van der Waals surface area contributed by atoms with Crippen molar-refractivity contribution in [1.29, 1.82) is 0 Å². The summed E-state index contributed by atoms with van der Waals surface area (Å²) in [5, 5.41) is 11.6. The van der Waals surface area contributed by atoms with Crippen LogP contribution in [0.3, 0.4) is 0 Å². The first-order chi connectivity index (χ1) is 11.0. The maximum atomic E-state index is 12.5. The van der Waals surface area contributed by atoms with Crippen molar-refractivity contribution in [1.82, 2.24) is 4.90 Å². The molecule has 2 N–H and O–H groups in total. The van der Waals surface area contributed by atoms with Crippen LogP contribution in [0.4, 0.5) is 5.69 Å². The molecule has 1 aliphatic rings. The van der Waals surface area contributed by atoms with E-state index < -0.39 is 5.97 Å². The van der Waals surface area contributed by atoms with E-state index in [1.165, 1.54) is 0 Å². The predicted octanol–water partition coefficient (Wildman–Crippen LogP) is 2.36. The number of benzene rings is 1. The van der Waals surface area contributed by atoms with Crippen molar-refractivity contribution < 1.29 is 19.5 Å². The molecule has 0 unspecified atom stereocenters. The molecule has 23 heavy (non-hydrogen) atoms. The first-order valence-corrected chi connectivity index (χ1v) is 7.90. The number of likely N-dealkylation sites (tertiary alicyclic amines) is 1. The molecule has 1 aromatic carbocycles. The van der Waals surface area contributed by atoms with Gasteiger partial charge in [-0.1, -0.05) is 13.0 Å². The van der Waals surface area contributed by atoms with Crippen molar-refractivity contribution in [2.75, 3.05) is 18.4 Å². The van der Waals surface area contributed by atoms with Gasteiger partial charge in [-0.05, 0) is 37.0 Å². The van der Waals surface area contributed by atoms with Crippen LogP contribution in [0.5, 0.6) is 0 Å². The standard InChI is InChI=1S/C17H22N2O4/c1-2-15(20)18-14-5-3-4-13(11-14)17(23)19-8-6-12(7-9-19)10-16(21)22/h3-5,11-12H,2,6-10H2,1H3,(H,18,20)(H,21,22). The molecule has 2 amide bonds. The Morgan fingerprint density at radius 3 is 2.57 bits per heavy atom. The van der Waals surface area contributed by atoms with Crippen LogP contribution in [-0.2, 0) is 9.59 Å². The van der Waals surface area contributed by atoms with Crippen molar-refractivity contribution >= 4 is 23.5 Å². The number of hydrogen-bond donors (Lipinski definition) is 2. The molecular formula is C17H22N2O4. The van der Waals surface area contributed by atoms with Crippen LogP contribution in [0.25, 0.3) is 0 Å². The molecule has 124 valence electrons. The topological polar surface area (TPSA) is 86.7 Å². The molecule has 0 bridgehead atoms. The number of carbonyl (C=O) groups excluding carboxylic acids is 2. The molecule has 0 aliphatic carbocycles. The first-order valence-electron chi connectivity index (χ1n) is 7.90. The molecule has 0 aromatic heterocycles. The van der Waals surface area contributed by atoms with E-state index in [0.717, 1.165) is 0 Å². The van der Waals surface area contributed by atoms with Gasteiger partial charge >= 0.3 is 5.97 Å². The molecular weight excluding hydrogens is 296 g/mol. The first kappa shape index (κ1) is 17.0. The van der Waals surface area contributed by atoms with Gasteiger partial charge in [0.25, 0.3) is 5.91 Å². The number of hydrogen-bond acceptors (Lipinski definition) is 3. The van der Waals surface area contributed by atoms with Crippen molar-refractivity contribution in [3.8, 4) is 0 Å². The van der Waals surface area contributed by atoms with Gasteiger partial charge in [-0.15, -0.1) is 0 Å². The molecule has 0 radical (unpaired) electrons. The Balaban J connectivity index is 1.97. The van der Waals surface area contributed by atoms with E-state index in [1.807, 2.05) is 0 Å². The zero-order valence-corrected chi connectivity index (χ0v) is 13.2. The van der Waals surface area contributed by atoms with Crippen LogP contribution in [0, 0.1) is 5.92 Å². The van der Waals surface area contributed by atoms with E-state index in [4.69, 9.17) is 5.11 Å². The Morgan fingerprint density at radius 1 is 1.26 bits per heavy atom. The van der Waals surface area contributed by atoms with Crippen molar-refractivity contribution in [3.05, 3.63) is 29.8 Å². The highest BCUT2D eigenvalue weighted by molar-refractivity contribution is 5.97. The molecule has 0 spiro atoms. The summed E-state index contributed by atoms with van der Waals surface area (Å²) in [7, 11) is 0. The summed E-state index contributed by atoms with van der Waals surface area (Å²) < 4.78 is 0. The Bertz CT molecular complexity index is 592. The smallest absolute Gasteiger partial charge is 0.303 e. The molecule has 6 nitrogen and oxygen atoms in total. The number of carboxylic acid groups (broad SMARTS) is 1. The Kier molecular flexibility index (Phi) is 5.73. The van der Waals surface area contributed by atoms with Gasteiger partial charge in [-0.2, -0.15) is 0 Å². The SMILES string of the molecule is CCC(=O)Nc1cccc(C(=O)N2CCC(CC(=O)O)CC2)c1. The van der Waals surface area contributed by atoms with E-state index in [-0.39, 0.29) is 24.2 Å². The summed E-state index contributed by atoms with van der Waals surface area (Å²) in [5.74, 6) is -0.809. The summed E-state index contributed by atoms with van der Waals surface area (Å²) >= 11 is 0. The van der Waals surface area contributed by atoms with E-state index in [9.17, 15) is 14.4 Å². The number of nitrogens with zero attached hydrogens (tertiary/aromatic N) is 1. The average molecular weight is 318 g/mol. The van der Waals surface area contributed by atoms with Gasteiger partial charge in [0, 0.05) is 37.2 Å². The van der Waals surface area contributed by atoms with Crippen molar-refractivity contribution in [2.45, 2.75) is 32.6 Å². The average Bonchev–Trinajstić information content (AvgIpc) is 2.54. The van der Waals surface area contributed by atoms with E-state index >= 15 is 0 Å². The third-order valence-corrected chi connectivity index (χ3v) is 4.08. The maximum Gasteiger partial charge on any atom is 0.303 e. The van der Waals surface area contributed by atoms with E-state index in [2.05, 4.69) is 5.32 Å². The minimum atomic E-state index is -0.783. The second kappa shape index (κ2) is 7.76. The van der Waals surface area contributed by atoms with Crippen LogP contribution in [0.2, 0.25) is 0 Å². The zero-order chi connectivity index (χ0) is 16.8. The van der Waals surface area contributed by atoms with Crippen LogP contribution in [-0.4, -0.2) is 40.9 Å². The highest BCUT2D eigenvalue weighted by atomic mass is 16.4. The second-order valence-electron chi connectivity index (χ2n) is 5.82. The van der Waals surface area contributed by atoms with Gasteiger partial charge in [-0.25, -0.2) is 0 Å². The Hall–Kier alpha value is -2.37. The maximum absolute atomic E-state index is 12.5. The summed E-state index contributed by atoms with van der Waals surface area (Å²) in [6.45, 7) is 2.91. The van der Waals surface area contributed by atoms with Crippen LogP contribution >= 0.6 is 0 Å². The van der Waals surface area contributed by atoms with Gasteiger partial charge in [0.15, 0.2) is 0 Å². The number of rotatable bonds is 5. The summed E-state index contributed by atoms with van der Waals surface area (Å²) in [5.41, 5.74) is 1.15. The lowest BCUT2D eigenvalue weighted by molar-refractivity contribution is -0.138. The van der Waals surface area contributed by atoms with Gasteiger partial charge in [0.05, 0.1) is 0 Å². The second-order valence-corrected chi connectivity index (χ2v) is 5.82. The Labute approximate surface area is 135 Å². The number of aliphatic carboxylic acids is 1. The largest absolute Gasteiger partial charge is 0.481 e. The molecule has 1 fully saturated rings. The molecule has 1 heterocycles. The molecule has 1 saturated heterocycles. The lowest BCUT2D eigenvalue weighted by Crippen LogP contribution is -2.38. The number of anilines is 1. The highest BCUT2D eigenvalue weighted by Crippen LogP contribution is 2.22. The highest BCUT2D eigenvalue weighted by Gasteiger charge is 2.25. The molecule has 1 aromatic rings. The van der Waals surface area contributed by atoms with Gasteiger partial charge in [0.1, 0.15) is 0 Å². The summed E-state index contributed by atoms with van der Waals surface area (Å²) in [4.78, 5) is 36.5. The normalized spacial score (nSPS) is 15.3. The lowest BCUT2D eigenvalue weighted by Gasteiger charge is -2.31. The quantitative estimate of drug-likeness (QED) is 0.872. The van der Waals surface area contributed by atoms with Gasteiger partial charge < -0.3 is 15.3 Å². The minimum Gasteiger partial charge on any atom is -0.481 e. The minimum absolute atomic E-state index is 0.0774. The summed E-state index contributed by atoms with van der Waals surface area (Å²) in [6, 6.07) is 6.91. The lowest BCUT2D eigenvalue weighted by atomic mass is 9.93. The molecule has 6 heteroatoms. The van der Waals surface area contributed by atoms with Crippen LogP contribution in [0.15, 0.2) is 24.3 Å². The molecule has 1 aliphatic heterocycles. The van der Waals surface area contributed by atoms with E-state index in [0.29, 0.717) is 43.6 Å². The van der Waals surface area contributed by atoms with Crippen LogP contribution < -0.4 is 5.32 Å². The molecule has 0 atom stereocenters. The van der Waals surface area contributed by atoms with Crippen molar-refractivity contribution in [3.63, 3.8) is 0 Å². The molecule has 0 saturated carbocycles. The number of nitrogens with one attached hydrogen (secondary N) is 1. The fourth-order valence-corrected chi connectivity index (χ4v) is 2.75. The zero-order valence-electron chi connectivity index (χ0n) is 13.2. The molecule has 2 rings (SSSR count). The fraction of sp³-hybridized carbons (Fsp3) is 0.471. The van der Waals surface area contributed by atoms with Gasteiger partial charge in [0.2, 0.25) is 5.91 Å². The van der Waals surface area contributed by atoms with Gasteiger partial charge in [-0.3, -0.25) is 14.4 Å². The number of piperidine rings is 1. The third-order valence-electron chi connectivity index (χ3n) is 4.08. The third kappa shape index (κ3) is 4.81. The number of amides is 2. The van der Waals surface area contributed by atoms with Crippen molar-refractivity contribution in [2.24, 2.45) is 5.92 Å². The fourth-order valence-electron chi connectivity index (χ4n) is 2.75. The predicted molar refractivity (Wildman–Crippen MR) is 86.2 cm³/mol. The number of carboxylic acids is 1. The summed E-state index contributed by atoms with van der Waals surface area (Å²) in [6.07, 6.45) is 1.98. The van der Waals surface area contributed by atoms with Crippen LogP contribution in [0.1, 0.15) is 43.0 Å². The monoisotopic (exact) mass is 318 g/mol. The number of carbonyl (C=O) groups is 3. The van der Waals surface area contributed by atoms with E-state index in [1.54, 1.807) is 36.1 Å².